The maximum atomic E-state index is 6.06. The Labute approximate surface area is 150 Å². The second-order valence-corrected chi connectivity index (χ2v) is 7.03. The SMILES string of the molecule is C=C[C@H]1OC(C)(C)C[C@@]2(CO2)[C@@H]1OCCOCCOCCOCCN. The van der Waals surface area contributed by atoms with E-state index in [4.69, 9.17) is 34.2 Å². The van der Waals surface area contributed by atoms with Gasteiger partial charge in [-0.15, -0.1) is 6.58 Å². The topological polar surface area (TPSA) is 84.7 Å². The molecule has 2 fully saturated rings. The molecule has 0 aromatic carbocycles. The minimum atomic E-state index is -0.229. The summed E-state index contributed by atoms with van der Waals surface area (Å²) in [4.78, 5) is 0. The molecule has 2 N–H and O–H groups in total. The van der Waals surface area contributed by atoms with Crippen molar-refractivity contribution in [2.75, 3.05) is 59.4 Å². The molecule has 2 saturated heterocycles. The van der Waals surface area contributed by atoms with Crippen LogP contribution in [0.15, 0.2) is 12.7 Å². The van der Waals surface area contributed by atoms with Crippen molar-refractivity contribution < 1.29 is 28.4 Å². The van der Waals surface area contributed by atoms with E-state index in [2.05, 4.69) is 20.4 Å². The summed E-state index contributed by atoms with van der Waals surface area (Å²) in [6.07, 6.45) is 2.34. The van der Waals surface area contributed by atoms with Gasteiger partial charge in [0.1, 0.15) is 17.8 Å². The van der Waals surface area contributed by atoms with Gasteiger partial charge in [0.2, 0.25) is 0 Å². The Balaban J connectivity index is 1.55. The van der Waals surface area contributed by atoms with Crippen LogP contribution in [0.1, 0.15) is 20.3 Å². The summed E-state index contributed by atoms with van der Waals surface area (Å²) >= 11 is 0. The first-order chi connectivity index (χ1) is 12.0. The molecule has 2 aliphatic heterocycles. The van der Waals surface area contributed by atoms with E-state index >= 15 is 0 Å². The van der Waals surface area contributed by atoms with Crippen molar-refractivity contribution in [2.24, 2.45) is 5.73 Å². The summed E-state index contributed by atoms with van der Waals surface area (Å²) in [6, 6.07) is 0. The van der Waals surface area contributed by atoms with Crippen LogP contribution in [0.5, 0.6) is 0 Å². The smallest absolute Gasteiger partial charge is 0.123 e. The summed E-state index contributed by atoms with van der Waals surface area (Å²) in [5, 5.41) is 0. The van der Waals surface area contributed by atoms with Crippen molar-refractivity contribution in [3.63, 3.8) is 0 Å². The first-order valence-electron chi connectivity index (χ1n) is 9.02. The first-order valence-corrected chi connectivity index (χ1v) is 9.02. The molecule has 146 valence electrons. The molecule has 0 unspecified atom stereocenters. The number of ether oxygens (including phenoxy) is 6. The van der Waals surface area contributed by atoms with Crippen LogP contribution in [0.2, 0.25) is 0 Å². The van der Waals surface area contributed by atoms with E-state index in [-0.39, 0.29) is 23.4 Å². The van der Waals surface area contributed by atoms with Crippen molar-refractivity contribution in [1.82, 2.24) is 0 Å². The Hall–Kier alpha value is -0.540. The highest BCUT2D eigenvalue weighted by molar-refractivity contribution is 5.12. The Kier molecular flexibility index (Phi) is 8.28. The molecule has 0 aromatic rings. The molecule has 0 radical (unpaired) electrons. The van der Waals surface area contributed by atoms with Gasteiger partial charge in [0, 0.05) is 13.0 Å². The van der Waals surface area contributed by atoms with Crippen molar-refractivity contribution in [3.8, 4) is 0 Å². The number of nitrogens with two attached hydrogens (primary N) is 1. The summed E-state index contributed by atoms with van der Waals surface area (Å²) in [5.74, 6) is 0. The third-order valence-corrected chi connectivity index (χ3v) is 4.28. The summed E-state index contributed by atoms with van der Waals surface area (Å²) in [6.45, 7) is 13.0. The van der Waals surface area contributed by atoms with Gasteiger partial charge in [-0.2, -0.15) is 0 Å². The third kappa shape index (κ3) is 6.60. The zero-order valence-corrected chi connectivity index (χ0v) is 15.5. The van der Waals surface area contributed by atoms with E-state index < -0.39 is 0 Å². The average Bonchev–Trinajstić information content (AvgIpc) is 3.32. The largest absolute Gasteiger partial charge is 0.378 e. The fourth-order valence-electron chi connectivity index (χ4n) is 3.23. The van der Waals surface area contributed by atoms with E-state index in [1.807, 2.05) is 0 Å². The van der Waals surface area contributed by atoms with Gasteiger partial charge in [0.05, 0.1) is 58.5 Å². The van der Waals surface area contributed by atoms with E-state index in [0.29, 0.717) is 52.8 Å². The van der Waals surface area contributed by atoms with Crippen LogP contribution in [0, 0.1) is 0 Å². The van der Waals surface area contributed by atoms with Crippen LogP contribution in [-0.2, 0) is 28.4 Å². The predicted molar refractivity (Wildman–Crippen MR) is 93.7 cm³/mol. The second kappa shape index (κ2) is 9.97. The van der Waals surface area contributed by atoms with Gasteiger partial charge in [-0.05, 0) is 13.8 Å². The fraction of sp³-hybridized carbons (Fsp3) is 0.889. The van der Waals surface area contributed by atoms with Gasteiger partial charge < -0.3 is 34.2 Å². The fourth-order valence-corrected chi connectivity index (χ4v) is 3.23. The van der Waals surface area contributed by atoms with Crippen molar-refractivity contribution in [3.05, 3.63) is 12.7 Å². The van der Waals surface area contributed by atoms with Crippen LogP contribution in [0.3, 0.4) is 0 Å². The average molecular weight is 359 g/mol. The maximum Gasteiger partial charge on any atom is 0.123 e. The van der Waals surface area contributed by atoms with E-state index in [1.165, 1.54) is 0 Å². The Morgan fingerprint density at radius 1 is 1.04 bits per heavy atom. The van der Waals surface area contributed by atoms with E-state index in [9.17, 15) is 0 Å². The highest BCUT2D eigenvalue weighted by Crippen LogP contribution is 2.47. The zero-order chi connectivity index (χ0) is 18.2. The Morgan fingerprint density at radius 3 is 2.12 bits per heavy atom. The molecule has 1 spiro atoms. The van der Waals surface area contributed by atoms with Crippen LogP contribution in [-0.4, -0.2) is 82.8 Å². The van der Waals surface area contributed by atoms with Gasteiger partial charge >= 0.3 is 0 Å². The summed E-state index contributed by atoms with van der Waals surface area (Å²) in [7, 11) is 0. The summed E-state index contributed by atoms with van der Waals surface area (Å²) < 4.78 is 33.9. The number of rotatable bonds is 13. The monoisotopic (exact) mass is 359 g/mol. The molecule has 0 saturated carbocycles. The molecular formula is C18H33NO6. The minimum Gasteiger partial charge on any atom is -0.378 e. The predicted octanol–water partition coefficient (Wildman–Crippen LogP) is 0.903. The van der Waals surface area contributed by atoms with E-state index in [0.717, 1.165) is 13.0 Å². The quantitative estimate of drug-likeness (QED) is 0.297. The molecule has 0 aromatic heterocycles. The maximum absolute atomic E-state index is 6.06. The van der Waals surface area contributed by atoms with Gasteiger partial charge in [0.15, 0.2) is 0 Å². The lowest BCUT2D eigenvalue weighted by Crippen LogP contribution is -2.55. The van der Waals surface area contributed by atoms with Gasteiger partial charge in [-0.1, -0.05) is 6.08 Å². The first kappa shape index (κ1) is 20.8. The molecule has 2 aliphatic rings. The van der Waals surface area contributed by atoms with Gasteiger partial charge in [-0.3, -0.25) is 0 Å². The molecule has 0 bridgehead atoms. The van der Waals surface area contributed by atoms with Crippen LogP contribution < -0.4 is 5.73 Å². The number of epoxide rings is 1. The molecule has 25 heavy (non-hydrogen) atoms. The van der Waals surface area contributed by atoms with Gasteiger partial charge in [-0.25, -0.2) is 0 Å². The molecular weight excluding hydrogens is 326 g/mol. The number of hydrogen-bond acceptors (Lipinski definition) is 7. The van der Waals surface area contributed by atoms with Crippen molar-refractivity contribution >= 4 is 0 Å². The molecule has 7 heteroatoms. The van der Waals surface area contributed by atoms with Crippen molar-refractivity contribution in [1.29, 1.82) is 0 Å². The Bertz CT molecular complexity index is 399. The summed E-state index contributed by atoms with van der Waals surface area (Å²) in [5.41, 5.74) is 4.87. The molecule has 0 aliphatic carbocycles. The lowest BCUT2D eigenvalue weighted by atomic mass is 9.83. The molecule has 7 nitrogen and oxygen atoms in total. The highest BCUT2D eigenvalue weighted by Gasteiger charge is 2.61. The Morgan fingerprint density at radius 2 is 1.60 bits per heavy atom. The zero-order valence-electron chi connectivity index (χ0n) is 15.5. The van der Waals surface area contributed by atoms with Crippen LogP contribution >= 0.6 is 0 Å². The molecule has 2 rings (SSSR count). The van der Waals surface area contributed by atoms with E-state index in [1.54, 1.807) is 6.08 Å². The lowest BCUT2D eigenvalue weighted by molar-refractivity contribution is -0.191. The molecule has 3 atom stereocenters. The standard InChI is InChI=1S/C18H33NO6/c1-4-15-16(18(14-24-18)13-17(2,3)25-15)23-12-11-22-10-9-21-8-7-20-6-5-19/h4,15-16H,1,5-14,19H2,2-3H3/t15-,16-,18-/m1/s1. The molecule has 0 amide bonds. The highest BCUT2D eigenvalue weighted by atomic mass is 16.6. The minimum absolute atomic E-state index is 0.127. The molecule has 2 heterocycles. The van der Waals surface area contributed by atoms with Gasteiger partial charge in [0.25, 0.3) is 0 Å². The lowest BCUT2D eigenvalue weighted by Gasteiger charge is -2.43. The normalized spacial score (nSPS) is 30.5. The number of hydrogen-bond donors (Lipinski definition) is 1. The van der Waals surface area contributed by atoms with Crippen molar-refractivity contribution in [2.45, 2.75) is 43.7 Å². The van der Waals surface area contributed by atoms with Crippen LogP contribution in [0.4, 0.5) is 0 Å². The second-order valence-electron chi connectivity index (χ2n) is 7.03. The third-order valence-electron chi connectivity index (χ3n) is 4.28. The van der Waals surface area contributed by atoms with Crippen LogP contribution in [0.25, 0.3) is 0 Å².